The van der Waals surface area contributed by atoms with E-state index in [2.05, 4.69) is 6.92 Å². The number of hydrogen-bond acceptors (Lipinski definition) is 7. The van der Waals surface area contributed by atoms with E-state index in [0.29, 0.717) is 52.4 Å². The number of rotatable bonds is 9. The van der Waals surface area contributed by atoms with E-state index in [9.17, 15) is 29.7 Å². The molecule has 1 fully saturated rings. The van der Waals surface area contributed by atoms with Crippen molar-refractivity contribution in [2.75, 3.05) is 65.6 Å². The highest BCUT2D eigenvalue weighted by atomic mass is 16.5. The summed E-state index contributed by atoms with van der Waals surface area (Å²) >= 11 is 0. The van der Waals surface area contributed by atoms with Crippen molar-refractivity contribution < 1.29 is 34.4 Å². The third-order valence-electron chi connectivity index (χ3n) is 5.75. The summed E-state index contributed by atoms with van der Waals surface area (Å²) < 4.78 is 5.67. The van der Waals surface area contributed by atoms with E-state index in [1.807, 2.05) is 29.2 Å². The Morgan fingerprint density at radius 1 is 0.818 bits per heavy atom. The Labute approximate surface area is 194 Å². The normalized spacial score (nSPS) is 20.0. The fourth-order valence-corrected chi connectivity index (χ4v) is 4.00. The summed E-state index contributed by atoms with van der Waals surface area (Å²) in [4.78, 5) is 39.6. The lowest BCUT2D eigenvalue weighted by Crippen LogP contribution is -2.51. The van der Waals surface area contributed by atoms with E-state index in [1.165, 1.54) is 5.56 Å². The summed E-state index contributed by atoms with van der Waals surface area (Å²) in [5.74, 6) is -2.88. The Hall–Kier alpha value is -2.53. The summed E-state index contributed by atoms with van der Waals surface area (Å²) in [6, 6.07) is 7.91. The summed E-state index contributed by atoms with van der Waals surface area (Å²) in [5, 5.41) is 28.1. The van der Waals surface area contributed by atoms with Gasteiger partial charge in [0.1, 0.15) is 0 Å². The standard InChI is InChI=1S/C23H35N3O7/c1-2-18-3-5-19(6-4-18)13-20-14-25(16-22(29)30)8-7-24(15-21(27)28)9-11-33-12-10-26(20)17-23(31)32/h3-6,20H,2,7-17H2,1H3,(H,27,28)(H,29,30)(H,31,32). The van der Waals surface area contributed by atoms with E-state index in [0.717, 1.165) is 12.0 Å². The van der Waals surface area contributed by atoms with Gasteiger partial charge in [0.05, 0.1) is 32.8 Å². The number of benzene rings is 1. The molecule has 0 aliphatic carbocycles. The molecule has 0 saturated carbocycles. The van der Waals surface area contributed by atoms with Crippen LogP contribution in [0.25, 0.3) is 0 Å². The first-order valence-corrected chi connectivity index (χ1v) is 11.3. The third kappa shape index (κ3) is 10.3. The first-order chi connectivity index (χ1) is 15.8. The van der Waals surface area contributed by atoms with Crippen molar-refractivity contribution in [2.24, 2.45) is 0 Å². The van der Waals surface area contributed by atoms with Crippen molar-refractivity contribution in [3.05, 3.63) is 35.4 Å². The van der Waals surface area contributed by atoms with Crippen molar-refractivity contribution in [3.63, 3.8) is 0 Å². The van der Waals surface area contributed by atoms with Gasteiger partial charge in [-0.25, -0.2) is 0 Å². The average molecular weight is 466 g/mol. The quantitative estimate of drug-likeness (QED) is 0.469. The second-order valence-corrected chi connectivity index (χ2v) is 8.30. The van der Waals surface area contributed by atoms with E-state index in [-0.39, 0.29) is 25.7 Å². The molecule has 0 radical (unpaired) electrons. The lowest BCUT2D eigenvalue weighted by atomic mass is 10.0. The van der Waals surface area contributed by atoms with E-state index in [4.69, 9.17) is 4.74 Å². The molecule has 1 aromatic rings. The van der Waals surface area contributed by atoms with Crippen LogP contribution >= 0.6 is 0 Å². The molecule has 1 unspecified atom stereocenters. The molecule has 1 atom stereocenters. The molecule has 1 heterocycles. The number of carboxylic acid groups (broad SMARTS) is 3. The molecular formula is C23H35N3O7. The molecule has 1 aromatic carbocycles. The molecule has 10 nitrogen and oxygen atoms in total. The minimum atomic E-state index is -0.981. The SMILES string of the molecule is CCc1ccc(CC2CN(CC(=O)O)CCN(CC(=O)O)CCOCCN2CC(=O)O)cc1. The predicted molar refractivity (Wildman–Crippen MR) is 121 cm³/mol. The smallest absolute Gasteiger partial charge is 0.317 e. The van der Waals surface area contributed by atoms with Crippen LogP contribution in [0.1, 0.15) is 18.1 Å². The van der Waals surface area contributed by atoms with Crippen LogP contribution in [-0.4, -0.2) is 120 Å². The number of carbonyl (C=O) groups is 3. The molecule has 1 aliphatic heterocycles. The Kier molecular flexibility index (Phi) is 11.2. The molecule has 0 bridgehead atoms. The Balaban J connectivity index is 2.27. The molecule has 2 rings (SSSR count). The fourth-order valence-electron chi connectivity index (χ4n) is 4.00. The molecule has 0 aromatic heterocycles. The minimum Gasteiger partial charge on any atom is -0.480 e. The van der Waals surface area contributed by atoms with Crippen LogP contribution in [0.2, 0.25) is 0 Å². The number of nitrogens with zero attached hydrogens (tertiary/aromatic N) is 3. The summed E-state index contributed by atoms with van der Waals surface area (Å²) in [6.45, 7) is 4.02. The molecule has 0 amide bonds. The predicted octanol–water partition coefficient (Wildman–Crippen LogP) is 0.350. The largest absolute Gasteiger partial charge is 0.480 e. The third-order valence-corrected chi connectivity index (χ3v) is 5.75. The van der Waals surface area contributed by atoms with Crippen molar-refractivity contribution in [1.29, 1.82) is 0 Å². The number of hydrogen-bond donors (Lipinski definition) is 3. The summed E-state index contributed by atoms with van der Waals surface area (Å²) in [7, 11) is 0. The molecular weight excluding hydrogens is 430 g/mol. The highest BCUT2D eigenvalue weighted by molar-refractivity contribution is 5.70. The van der Waals surface area contributed by atoms with Crippen LogP contribution in [0.4, 0.5) is 0 Å². The maximum atomic E-state index is 11.6. The van der Waals surface area contributed by atoms with Gasteiger partial charge in [0, 0.05) is 38.8 Å². The lowest BCUT2D eigenvalue weighted by molar-refractivity contribution is -0.141. The van der Waals surface area contributed by atoms with Gasteiger partial charge in [0.2, 0.25) is 0 Å². The summed E-state index contributed by atoms with van der Waals surface area (Å²) in [6.07, 6.45) is 1.48. The highest BCUT2D eigenvalue weighted by Gasteiger charge is 2.26. The second-order valence-electron chi connectivity index (χ2n) is 8.30. The fraction of sp³-hybridized carbons (Fsp3) is 0.609. The van der Waals surface area contributed by atoms with Gasteiger partial charge >= 0.3 is 17.9 Å². The van der Waals surface area contributed by atoms with Gasteiger partial charge in [-0.1, -0.05) is 31.2 Å². The maximum Gasteiger partial charge on any atom is 0.317 e. The molecule has 1 saturated heterocycles. The average Bonchev–Trinajstić information content (AvgIpc) is 2.74. The Morgan fingerprint density at radius 3 is 1.97 bits per heavy atom. The Bertz CT molecular complexity index is 772. The first-order valence-electron chi connectivity index (χ1n) is 11.3. The van der Waals surface area contributed by atoms with Crippen molar-refractivity contribution in [3.8, 4) is 0 Å². The van der Waals surface area contributed by atoms with Crippen LogP contribution in [0, 0.1) is 0 Å². The number of aliphatic carboxylic acids is 3. The van der Waals surface area contributed by atoms with Gasteiger partial charge in [0.15, 0.2) is 0 Å². The number of ether oxygens (including phenoxy) is 1. The summed E-state index contributed by atoms with van der Waals surface area (Å²) in [5.41, 5.74) is 2.25. The van der Waals surface area contributed by atoms with Crippen molar-refractivity contribution in [1.82, 2.24) is 14.7 Å². The van der Waals surface area contributed by atoms with E-state index >= 15 is 0 Å². The molecule has 33 heavy (non-hydrogen) atoms. The second kappa shape index (κ2) is 13.9. The van der Waals surface area contributed by atoms with E-state index < -0.39 is 17.9 Å². The van der Waals surface area contributed by atoms with Crippen LogP contribution in [0.5, 0.6) is 0 Å². The molecule has 1 aliphatic rings. The minimum absolute atomic E-state index is 0.150. The van der Waals surface area contributed by atoms with Crippen LogP contribution in [-0.2, 0) is 32.0 Å². The van der Waals surface area contributed by atoms with Crippen LogP contribution in [0.3, 0.4) is 0 Å². The number of aryl methyl sites for hydroxylation is 1. The van der Waals surface area contributed by atoms with Crippen molar-refractivity contribution >= 4 is 17.9 Å². The molecule has 0 spiro atoms. The zero-order chi connectivity index (χ0) is 24.2. The molecule has 3 N–H and O–H groups in total. The molecule has 184 valence electrons. The maximum absolute atomic E-state index is 11.6. The topological polar surface area (TPSA) is 131 Å². The zero-order valence-electron chi connectivity index (χ0n) is 19.2. The number of carboxylic acids is 3. The van der Waals surface area contributed by atoms with Gasteiger partial charge in [-0.15, -0.1) is 0 Å². The lowest BCUT2D eigenvalue weighted by Gasteiger charge is -2.36. The van der Waals surface area contributed by atoms with Crippen LogP contribution in [0.15, 0.2) is 24.3 Å². The van der Waals surface area contributed by atoms with Gasteiger partial charge < -0.3 is 20.1 Å². The molecule has 10 heteroatoms. The van der Waals surface area contributed by atoms with Crippen LogP contribution < -0.4 is 0 Å². The first kappa shape index (κ1) is 26.7. The zero-order valence-corrected chi connectivity index (χ0v) is 19.2. The highest BCUT2D eigenvalue weighted by Crippen LogP contribution is 2.14. The van der Waals surface area contributed by atoms with Gasteiger partial charge in [-0.3, -0.25) is 29.1 Å². The van der Waals surface area contributed by atoms with Crippen molar-refractivity contribution in [2.45, 2.75) is 25.8 Å². The van der Waals surface area contributed by atoms with E-state index in [1.54, 1.807) is 9.80 Å². The van der Waals surface area contributed by atoms with Gasteiger partial charge in [0.25, 0.3) is 0 Å². The monoisotopic (exact) mass is 465 g/mol. The van der Waals surface area contributed by atoms with Gasteiger partial charge in [-0.05, 0) is 24.0 Å². The Morgan fingerprint density at radius 2 is 1.36 bits per heavy atom. The van der Waals surface area contributed by atoms with Gasteiger partial charge in [-0.2, -0.15) is 0 Å².